The Bertz CT molecular complexity index is 1340. The number of hydrogen-bond donors (Lipinski definition) is 0. The van der Waals surface area contributed by atoms with E-state index in [9.17, 15) is 4.79 Å². The summed E-state index contributed by atoms with van der Waals surface area (Å²) in [5.74, 6) is 3.02. The Kier molecular flexibility index (Phi) is 6.63. The lowest BCUT2D eigenvalue weighted by atomic mass is 10.1. The highest BCUT2D eigenvalue weighted by Gasteiger charge is 2.28. The molecule has 186 valence electrons. The van der Waals surface area contributed by atoms with Gasteiger partial charge in [-0.15, -0.1) is 0 Å². The van der Waals surface area contributed by atoms with E-state index in [-0.39, 0.29) is 24.9 Å². The van der Waals surface area contributed by atoms with Crippen LogP contribution in [0.1, 0.15) is 27.0 Å². The molecule has 0 radical (unpaired) electrons. The molecule has 0 unspecified atom stereocenters. The molecule has 0 bridgehead atoms. The lowest BCUT2D eigenvalue weighted by Crippen LogP contribution is -2.14. The number of methoxy groups -OCH3 is 3. The molecule has 2 aliphatic heterocycles. The minimum atomic E-state index is -0.234. The summed E-state index contributed by atoms with van der Waals surface area (Å²) in [6.45, 7) is 0.833. The van der Waals surface area contributed by atoms with Crippen LogP contribution in [-0.4, -0.2) is 33.9 Å². The number of carbonyl (C=O) groups excluding carboxylic acids is 1. The van der Waals surface area contributed by atoms with E-state index in [4.69, 9.17) is 44.8 Å². The number of carbonyl (C=O) groups is 1. The van der Waals surface area contributed by atoms with Crippen LogP contribution in [0.4, 0.5) is 0 Å². The summed E-state index contributed by atoms with van der Waals surface area (Å²) in [5, 5.41) is 0.575. The largest absolute Gasteiger partial charge is 0.493 e. The average Bonchev–Trinajstić information content (AvgIpc) is 3.20. The lowest BCUT2D eigenvalue weighted by molar-refractivity contribution is -0.0175. The third-order valence-electron chi connectivity index (χ3n) is 5.77. The van der Waals surface area contributed by atoms with Gasteiger partial charge in [0.05, 0.1) is 33.5 Å². The Morgan fingerprint density at radius 2 is 1.78 bits per heavy atom. The third kappa shape index (κ3) is 4.53. The van der Waals surface area contributed by atoms with Crippen LogP contribution < -0.4 is 28.4 Å². The summed E-state index contributed by atoms with van der Waals surface area (Å²) < 4.78 is 39.0. The second-order valence-corrected chi connectivity index (χ2v) is 8.45. The summed E-state index contributed by atoms with van der Waals surface area (Å²) >= 11 is 6.24. The first kappa shape index (κ1) is 23.8. The summed E-state index contributed by atoms with van der Waals surface area (Å²) in [6, 6.07) is 12.2. The fourth-order valence-corrected chi connectivity index (χ4v) is 4.38. The highest BCUT2D eigenvalue weighted by Crippen LogP contribution is 2.40. The summed E-state index contributed by atoms with van der Waals surface area (Å²) in [4.78, 5) is 13.0. The monoisotopic (exact) mass is 510 g/mol. The first-order valence-corrected chi connectivity index (χ1v) is 11.4. The van der Waals surface area contributed by atoms with Crippen molar-refractivity contribution in [3.05, 3.63) is 75.5 Å². The summed E-state index contributed by atoms with van der Waals surface area (Å²) in [7, 11) is 4.59. The van der Waals surface area contributed by atoms with Gasteiger partial charge in [0, 0.05) is 22.2 Å². The molecule has 0 saturated heterocycles. The fraction of sp³-hybridized carbons (Fsp3) is 0.222. The third-order valence-corrected chi connectivity index (χ3v) is 5.99. The minimum absolute atomic E-state index is 0.175. The highest BCUT2D eigenvalue weighted by molar-refractivity contribution is 6.30. The molecular formula is C27H23ClO8. The predicted octanol–water partition coefficient (Wildman–Crippen LogP) is 5.43. The molecule has 0 amide bonds. The number of hydrogen-bond acceptors (Lipinski definition) is 8. The normalized spacial score (nSPS) is 15.0. The van der Waals surface area contributed by atoms with Crippen molar-refractivity contribution >= 4 is 23.5 Å². The Morgan fingerprint density at radius 1 is 1.00 bits per heavy atom. The van der Waals surface area contributed by atoms with Crippen molar-refractivity contribution < 1.29 is 38.0 Å². The number of rotatable bonds is 7. The Morgan fingerprint density at radius 3 is 2.50 bits per heavy atom. The molecule has 0 saturated carbocycles. The lowest BCUT2D eigenvalue weighted by Gasteiger charge is -2.21. The van der Waals surface area contributed by atoms with Crippen LogP contribution in [0.15, 0.2) is 48.2 Å². The van der Waals surface area contributed by atoms with Gasteiger partial charge in [0.25, 0.3) is 0 Å². The number of allylic oxidation sites excluding steroid dienone is 1. The Labute approximate surface area is 212 Å². The molecule has 3 aromatic rings. The van der Waals surface area contributed by atoms with Crippen molar-refractivity contribution in [3.8, 4) is 34.5 Å². The van der Waals surface area contributed by atoms with E-state index in [1.54, 1.807) is 42.5 Å². The predicted molar refractivity (Wildman–Crippen MR) is 132 cm³/mol. The van der Waals surface area contributed by atoms with Crippen LogP contribution in [-0.2, 0) is 18.0 Å². The molecule has 0 aliphatic carbocycles. The van der Waals surface area contributed by atoms with Crippen molar-refractivity contribution in [1.82, 2.24) is 0 Å². The summed E-state index contributed by atoms with van der Waals surface area (Å²) in [5.41, 5.74) is 2.78. The van der Waals surface area contributed by atoms with Crippen LogP contribution in [0, 0.1) is 0 Å². The van der Waals surface area contributed by atoms with Gasteiger partial charge in [-0.3, -0.25) is 4.79 Å². The minimum Gasteiger partial charge on any atom is -0.493 e. The van der Waals surface area contributed by atoms with Gasteiger partial charge >= 0.3 is 0 Å². The van der Waals surface area contributed by atoms with E-state index in [0.717, 1.165) is 11.1 Å². The molecule has 8 nitrogen and oxygen atoms in total. The van der Waals surface area contributed by atoms with Gasteiger partial charge in [-0.25, -0.2) is 0 Å². The number of fused-ring (bicyclic) bond motifs is 2. The molecule has 0 spiro atoms. The Hall–Kier alpha value is -3.88. The maximum Gasteiger partial charge on any atom is 0.231 e. The molecule has 3 aromatic carbocycles. The molecular weight excluding hydrogens is 488 g/mol. The molecule has 9 heteroatoms. The quantitative estimate of drug-likeness (QED) is 0.389. The second kappa shape index (κ2) is 10.0. The molecule has 2 aliphatic rings. The van der Waals surface area contributed by atoms with Gasteiger partial charge < -0.3 is 33.2 Å². The van der Waals surface area contributed by atoms with E-state index in [2.05, 4.69) is 0 Å². The SMILES string of the molecule is COc1cc(/C=C2\Oc3cc(OCc4cc(Cl)cc5c4OCOC5)ccc3C2=O)cc(OC)c1OC. The van der Waals surface area contributed by atoms with Gasteiger partial charge in [-0.05, 0) is 48.0 Å². The zero-order valence-electron chi connectivity index (χ0n) is 19.9. The molecule has 0 N–H and O–H groups in total. The molecule has 0 atom stereocenters. The first-order valence-electron chi connectivity index (χ1n) is 11.0. The highest BCUT2D eigenvalue weighted by atomic mass is 35.5. The van der Waals surface area contributed by atoms with Crippen molar-refractivity contribution in [2.45, 2.75) is 13.2 Å². The molecule has 36 heavy (non-hydrogen) atoms. The number of benzene rings is 3. The van der Waals surface area contributed by atoms with E-state index in [0.29, 0.717) is 57.3 Å². The molecule has 0 aromatic heterocycles. The zero-order valence-corrected chi connectivity index (χ0v) is 20.6. The van der Waals surface area contributed by atoms with E-state index in [1.165, 1.54) is 21.3 Å². The van der Waals surface area contributed by atoms with Crippen LogP contribution in [0.2, 0.25) is 5.02 Å². The van der Waals surface area contributed by atoms with Crippen molar-refractivity contribution in [2.75, 3.05) is 28.1 Å². The van der Waals surface area contributed by atoms with Gasteiger partial charge in [0.2, 0.25) is 11.5 Å². The summed E-state index contributed by atoms with van der Waals surface area (Å²) in [6.07, 6.45) is 1.63. The van der Waals surface area contributed by atoms with E-state index < -0.39 is 0 Å². The van der Waals surface area contributed by atoms with Gasteiger partial charge in [0.15, 0.2) is 24.1 Å². The average molecular weight is 511 g/mol. The zero-order chi connectivity index (χ0) is 25.2. The van der Waals surface area contributed by atoms with Crippen LogP contribution in [0.25, 0.3) is 6.08 Å². The first-order chi connectivity index (χ1) is 17.5. The van der Waals surface area contributed by atoms with E-state index in [1.807, 2.05) is 6.07 Å². The van der Waals surface area contributed by atoms with Crippen molar-refractivity contribution in [3.63, 3.8) is 0 Å². The second-order valence-electron chi connectivity index (χ2n) is 8.01. The van der Waals surface area contributed by atoms with Crippen LogP contribution in [0.3, 0.4) is 0 Å². The van der Waals surface area contributed by atoms with Crippen LogP contribution >= 0.6 is 11.6 Å². The standard InChI is InChI=1S/C27H23ClO8/c1-30-23-7-15(8-24(31-2)27(23)32-3)6-22-25(29)20-5-4-19(11-21(20)36-22)34-13-17-10-18(28)9-16-12-33-14-35-26(16)17/h4-11H,12-14H2,1-3H3/b22-6-. The van der Waals surface area contributed by atoms with Gasteiger partial charge in [-0.2, -0.15) is 0 Å². The molecule has 0 fully saturated rings. The number of ether oxygens (including phenoxy) is 7. The smallest absolute Gasteiger partial charge is 0.231 e. The Balaban J connectivity index is 1.36. The molecule has 5 rings (SSSR count). The van der Waals surface area contributed by atoms with Crippen molar-refractivity contribution in [1.29, 1.82) is 0 Å². The number of ketones is 1. The number of Topliss-reactive ketones (excluding diaryl/α,β-unsaturated/α-hetero) is 1. The topological polar surface area (TPSA) is 81.7 Å². The fourth-order valence-electron chi connectivity index (χ4n) is 4.12. The number of halogens is 1. The maximum atomic E-state index is 13.0. The maximum absolute atomic E-state index is 13.0. The van der Waals surface area contributed by atoms with Crippen LogP contribution in [0.5, 0.6) is 34.5 Å². The van der Waals surface area contributed by atoms with E-state index >= 15 is 0 Å². The van der Waals surface area contributed by atoms with Gasteiger partial charge in [0.1, 0.15) is 23.9 Å². The molecule has 2 heterocycles. The van der Waals surface area contributed by atoms with Crippen molar-refractivity contribution in [2.24, 2.45) is 0 Å². The van der Waals surface area contributed by atoms with Gasteiger partial charge in [-0.1, -0.05) is 11.6 Å².